The van der Waals surface area contributed by atoms with Crippen LogP contribution in [-0.2, 0) is 14.3 Å². The van der Waals surface area contributed by atoms with Crippen molar-refractivity contribution in [2.75, 3.05) is 40.0 Å². The van der Waals surface area contributed by atoms with Gasteiger partial charge in [0, 0.05) is 24.1 Å². The molecule has 2 aliphatic rings. The van der Waals surface area contributed by atoms with Gasteiger partial charge in [-0.05, 0) is 38.4 Å². The Kier molecular flexibility index (Phi) is 7.64. The van der Waals surface area contributed by atoms with E-state index >= 15 is 0 Å². The van der Waals surface area contributed by atoms with Gasteiger partial charge < -0.3 is 19.1 Å². The van der Waals surface area contributed by atoms with Gasteiger partial charge in [-0.1, -0.05) is 12.7 Å². The molecule has 9 nitrogen and oxygen atoms in total. The largest absolute Gasteiger partial charge is 0.493 e. The normalized spacial score (nSPS) is 17.8. The smallest absolute Gasteiger partial charge is 0.204 e. The number of rotatable bonds is 10. The quantitative estimate of drug-likeness (QED) is 0.390. The third-order valence-electron chi connectivity index (χ3n) is 5.72. The number of likely N-dealkylation sites (tertiary alicyclic amines) is 1. The minimum atomic E-state index is -0.393. The number of hydrogen-bond acceptors (Lipinski definition) is 9. The molecule has 0 unspecified atom stereocenters. The van der Waals surface area contributed by atoms with Gasteiger partial charge in [0.25, 0.3) is 0 Å². The number of ketones is 2. The van der Waals surface area contributed by atoms with Crippen molar-refractivity contribution in [2.45, 2.75) is 25.7 Å². The Labute approximate surface area is 198 Å². The Hall–Kier alpha value is -3.59. The summed E-state index contributed by atoms with van der Waals surface area (Å²) in [5.74, 6) is 0.699. The van der Waals surface area contributed by atoms with E-state index in [1.165, 1.54) is 25.2 Å². The van der Waals surface area contributed by atoms with Crippen LogP contribution in [0.1, 0.15) is 25.7 Å². The number of carbonyl (C=O) groups excluding carboxylic acids is 2. The molecule has 0 spiro atoms. The Balaban J connectivity index is 1.53. The maximum absolute atomic E-state index is 12.5. The number of aromatic nitrogens is 2. The lowest BCUT2D eigenvalue weighted by molar-refractivity contribution is -0.119. The predicted molar refractivity (Wildman–Crippen MR) is 128 cm³/mol. The fourth-order valence-electron chi connectivity index (χ4n) is 3.99. The lowest BCUT2D eigenvalue weighted by Gasteiger charge is -2.16. The number of carbonyl (C=O) groups is 2. The van der Waals surface area contributed by atoms with Crippen LogP contribution in [0, 0.1) is 0 Å². The summed E-state index contributed by atoms with van der Waals surface area (Å²) in [7, 11) is 1.56. The van der Waals surface area contributed by atoms with Crippen molar-refractivity contribution in [3.05, 3.63) is 43.0 Å². The molecular weight excluding hydrogens is 436 g/mol. The molecule has 9 heteroatoms. The minimum absolute atomic E-state index is 0.0181. The molecule has 1 aliphatic carbocycles. The predicted octanol–water partition coefficient (Wildman–Crippen LogP) is 3.20. The van der Waals surface area contributed by atoms with E-state index in [0.717, 1.165) is 32.1 Å². The van der Waals surface area contributed by atoms with E-state index in [1.807, 2.05) is 0 Å². The zero-order chi connectivity index (χ0) is 23.9. The van der Waals surface area contributed by atoms with Crippen LogP contribution < -0.4 is 9.47 Å². The summed E-state index contributed by atoms with van der Waals surface area (Å²) in [4.78, 5) is 40.2. The molecule has 0 saturated carbocycles. The number of benzene rings is 1. The Morgan fingerprint density at radius 3 is 2.74 bits per heavy atom. The van der Waals surface area contributed by atoms with Crippen LogP contribution in [0.15, 0.2) is 47.9 Å². The molecule has 0 bridgehead atoms. The molecule has 1 aliphatic heterocycles. The molecular formula is C25H28N4O5. The monoisotopic (exact) mass is 464 g/mol. The summed E-state index contributed by atoms with van der Waals surface area (Å²) < 4.78 is 16.8. The SMILES string of the molecule is C=CCOC1=CC(=O)C(=Nc2ncnc3cc(OCCCN4CCCC4)c(OC)cc23)CC1=O. The second-order valence-electron chi connectivity index (χ2n) is 8.10. The fraction of sp³-hybridized carbons (Fsp3) is 0.400. The van der Waals surface area contributed by atoms with Crippen molar-refractivity contribution in [1.82, 2.24) is 14.9 Å². The van der Waals surface area contributed by atoms with Crippen LogP contribution in [0.4, 0.5) is 5.82 Å². The highest BCUT2D eigenvalue weighted by Crippen LogP contribution is 2.35. The molecule has 1 aromatic carbocycles. The van der Waals surface area contributed by atoms with E-state index in [-0.39, 0.29) is 36.1 Å². The van der Waals surface area contributed by atoms with Gasteiger partial charge in [-0.2, -0.15) is 0 Å². The Morgan fingerprint density at radius 1 is 1.15 bits per heavy atom. The lowest BCUT2D eigenvalue weighted by atomic mass is 10.0. The van der Waals surface area contributed by atoms with Gasteiger partial charge in [-0.3, -0.25) is 9.59 Å². The van der Waals surface area contributed by atoms with Crippen molar-refractivity contribution in [1.29, 1.82) is 0 Å². The van der Waals surface area contributed by atoms with Crippen LogP contribution in [0.5, 0.6) is 11.5 Å². The zero-order valence-electron chi connectivity index (χ0n) is 19.3. The van der Waals surface area contributed by atoms with Crippen molar-refractivity contribution in [2.24, 2.45) is 4.99 Å². The highest BCUT2D eigenvalue weighted by Gasteiger charge is 2.26. The van der Waals surface area contributed by atoms with E-state index in [1.54, 1.807) is 19.2 Å². The number of fused-ring (bicyclic) bond motifs is 1. The van der Waals surface area contributed by atoms with E-state index in [2.05, 4.69) is 26.4 Å². The number of ether oxygens (including phenoxy) is 3. The van der Waals surface area contributed by atoms with Gasteiger partial charge in [0.05, 0.1) is 31.4 Å². The summed E-state index contributed by atoms with van der Waals surface area (Å²) in [5.41, 5.74) is 0.696. The molecule has 178 valence electrons. The number of Topliss-reactive ketones (excluding diaryl/α,β-unsaturated/α-hetero) is 1. The van der Waals surface area contributed by atoms with Crippen molar-refractivity contribution < 1.29 is 23.8 Å². The van der Waals surface area contributed by atoms with Gasteiger partial charge >= 0.3 is 0 Å². The van der Waals surface area contributed by atoms with Crippen LogP contribution >= 0.6 is 0 Å². The summed E-state index contributed by atoms with van der Waals surface area (Å²) >= 11 is 0. The van der Waals surface area contributed by atoms with Gasteiger partial charge in [-0.15, -0.1) is 0 Å². The minimum Gasteiger partial charge on any atom is -0.493 e. The van der Waals surface area contributed by atoms with Gasteiger partial charge in [0.1, 0.15) is 12.9 Å². The van der Waals surface area contributed by atoms with Crippen LogP contribution in [0.2, 0.25) is 0 Å². The van der Waals surface area contributed by atoms with Crippen molar-refractivity contribution in [3.63, 3.8) is 0 Å². The summed E-state index contributed by atoms with van der Waals surface area (Å²) in [6.45, 7) is 7.59. The number of allylic oxidation sites excluding steroid dienone is 2. The van der Waals surface area contributed by atoms with Gasteiger partial charge in [0.2, 0.25) is 11.6 Å². The molecule has 34 heavy (non-hydrogen) atoms. The standard InChI is InChI=1S/C25H28N4O5/c1-3-10-33-22-15-20(30)19(13-21(22)31)28-25-17-12-23(32-2)24(14-18(17)26-16-27-25)34-11-6-9-29-7-4-5-8-29/h3,12,14-16H,1,4-11,13H2,2H3. The molecule has 2 aromatic rings. The maximum atomic E-state index is 12.5. The number of methoxy groups -OCH3 is 1. The second kappa shape index (κ2) is 11.0. The van der Waals surface area contributed by atoms with E-state index in [4.69, 9.17) is 14.2 Å². The Bertz CT molecular complexity index is 1150. The highest BCUT2D eigenvalue weighted by molar-refractivity contribution is 6.50. The van der Waals surface area contributed by atoms with Crippen LogP contribution in [0.25, 0.3) is 10.9 Å². The molecule has 0 radical (unpaired) electrons. The molecule has 2 heterocycles. The maximum Gasteiger partial charge on any atom is 0.204 e. The van der Waals surface area contributed by atoms with Gasteiger partial charge in [0.15, 0.2) is 23.1 Å². The van der Waals surface area contributed by atoms with E-state index in [0.29, 0.717) is 29.0 Å². The van der Waals surface area contributed by atoms with E-state index < -0.39 is 5.78 Å². The first-order valence-corrected chi connectivity index (χ1v) is 11.4. The summed E-state index contributed by atoms with van der Waals surface area (Å²) in [6.07, 6.45) is 7.34. The first-order valence-electron chi connectivity index (χ1n) is 11.4. The molecule has 0 atom stereocenters. The van der Waals surface area contributed by atoms with Crippen molar-refractivity contribution >= 4 is 34.0 Å². The highest BCUT2D eigenvalue weighted by atomic mass is 16.5. The average Bonchev–Trinajstić information content (AvgIpc) is 3.36. The second-order valence-corrected chi connectivity index (χ2v) is 8.10. The molecule has 0 N–H and O–H groups in total. The number of aliphatic imine (C=N–C) groups is 1. The number of hydrogen-bond donors (Lipinski definition) is 0. The Morgan fingerprint density at radius 2 is 1.97 bits per heavy atom. The molecule has 1 fully saturated rings. The molecule has 1 saturated heterocycles. The third-order valence-corrected chi connectivity index (χ3v) is 5.72. The lowest BCUT2D eigenvalue weighted by Crippen LogP contribution is -2.25. The molecule has 1 aromatic heterocycles. The van der Waals surface area contributed by atoms with Gasteiger partial charge in [-0.25, -0.2) is 15.0 Å². The number of nitrogens with zero attached hydrogens (tertiary/aromatic N) is 4. The summed E-state index contributed by atoms with van der Waals surface area (Å²) in [6, 6.07) is 3.53. The molecule has 0 amide bonds. The van der Waals surface area contributed by atoms with E-state index in [9.17, 15) is 9.59 Å². The topological polar surface area (TPSA) is 103 Å². The first kappa shape index (κ1) is 23.6. The zero-order valence-corrected chi connectivity index (χ0v) is 19.3. The van der Waals surface area contributed by atoms with Crippen LogP contribution in [-0.4, -0.2) is 72.1 Å². The fourth-order valence-corrected chi connectivity index (χ4v) is 3.99. The molecule has 4 rings (SSSR count). The first-order chi connectivity index (χ1) is 16.6. The summed E-state index contributed by atoms with van der Waals surface area (Å²) in [5, 5.41) is 0.592. The average molecular weight is 465 g/mol. The third kappa shape index (κ3) is 5.48. The van der Waals surface area contributed by atoms with Crippen molar-refractivity contribution in [3.8, 4) is 11.5 Å². The van der Waals surface area contributed by atoms with Crippen LogP contribution in [0.3, 0.4) is 0 Å².